The minimum absolute atomic E-state index is 0.218. The van der Waals surface area contributed by atoms with E-state index in [1.54, 1.807) is 54.7 Å². The molecule has 7 heteroatoms. The number of rotatable bonds is 5. The summed E-state index contributed by atoms with van der Waals surface area (Å²) in [5.41, 5.74) is 3.65. The molecule has 0 aliphatic carbocycles. The van der Waals surface area contributed by atoms with Crippen molar-refractivity contribution in [2.75, 3.05) is 10.6 Å². The largest absolute Gasteiger partial charge is 0.324 e. The average molecular weight is 435 g/mol. The molecule has 0 bridgehead atoms. The van der Waals surface area contributed by atoms with Crippen LogP contribution in [-0.4, -0.2) is 15.9 Å². The lowest BCUT2D eigenvalue weighted by molar-refractivity contribution is 0.102. The molecular weight excluding hydrogens is 419 g/mol. The second kappa shape index (κ2) is 8.95. The second-order valence-corrected chi connectivity index (χ2v) is 7.31. The normalized spacial score (nSPS) is 10.5. The SMILES string of the molecule is O=C(Nc1cccc(Cl)c1)c1ccc(Nc2nccc(-c3ccc(Cl)cc3)n2)cc1. The predicted molar refractivity (Wildman–Crippen MR) is 122 cm³/mol. The smallest absolute Gasteiger partial charge is 0.255 e. The molecule has 1 heterocycles. The van der Waals surface area contributed by atoms with Gasteiger partial charge < -0.3 is 10.6 Å². The summed E-state index contributed by atoms with van der Waals surface area (Å²) in [4.78, 5) is 21.2. The van der Waals surface area contributed by atoms with Gasteiger partial charge in [0.15, 0.2) is 0 Å². The summed E-state index contributed by atoms with van der Waals surface area (Å²) in [5, 5.41) is 7.21. The Hall–Kier alpha value is -3.41. The third kappa shape index (κ3) is 4.95. The van der Waals surface area contributed by atoms with Crippen molar-refractivity contribution in [3.63, 3.8) is 0 Å². The molecule has 0 saturated carbocycles. The fourth-order valence-electron chi connectivity index (χ4n) is 2.80. The first-order valence-corrected chi connectivity index (χ1v) is 9.85. The zero-order chi connectivity index (χ0) is 20.9. The van der Waals surface area contributed by atoms with Crippen LogP contribution in [0.5, 0.6) is 0 Å². The number of amides is 1. The quantitative estimate of drug-likeness (QED) is 0.378. The summed E-state index contributed by atoms with van der Waals surface area (Å²) < 4.78 is 0. The summed E-state index contributed by atoms with van der Waals surface area (Å²) >= 11 is 11.9. The second-order valence-electron chi connectivity index (χ2n) is 6.44. The zero-order valence-electron chi connectivity index (χ0n) is 15.6. The standard InChI is InChI=1S/C23H16Cl2N4O/c24-17-8-4-15(5-9-17)21-12-13-26-23(29-21)28-19-10-6-16(7-11-19)22(30)27-20-3-1-2-18(25)14-20/h1-14H,(H,27,30)(H,26,28,29). The van der Waals surface area contributed by atoms with Gasteiger partial charge in [-0.05, 0) is 60.7 Å². The van der Waals surface area contributed by atoms with Crippen LogP contribution in [-0.2, 0) is 0 Å². The molecule has 2 N–H and O–H groups in total. The molecular formula is C23H16Cl2N4O. The van der Waals surface area contributed by atoms with Gasteiger partial charge in [-0.1, -0.05) is 41.4 Å². The molecule has 0 unspecified atom stereocenters. The molecule has 0 saturated heterocycles. The van der Waals surface area contributed by atoms with Gasteiger partial charge >= 0.3 is 0 Å². The van der Waals surface area contributed by atoms with Crippen molar-refractivity contribution >= 4 is 46.4 Å². The monoisotopic (exact) mass is 434 g/mol. The van der Waals surface area contributed by atoms with E-state index in [1.807, 2.05) is 30.3 Å². The van der Waals surface area contributed by atoms with Crippen molar-refractivity contribution in [3.8, 4) is 11.3 Å². The van der Waals surface area contributed by atoms with Gasteiger partial charge in [0.1, 0.15) is 0 Å². The lowest BCUT2D eigenvalue weighted by Gasteiger charge is -2.09. The fraction of sp³-hybridized carbons (Fsp3) is 0. The van der Waals surface area contributed by atoms with Crippen LogP contribution in [0.1, 0.15) is 10.4 Å². The van der Waals surface area contributed by atoms with Crippen LogP contribution in [0.4, 0.5) is 17.3 Å². The molecule has 0 radical (unpaired) electrons. The lowest BCUT2D eigenvalue weighted by atomic mass is 10.1. The van der Waals surface area contributed by atoms with E-state index in [4.69, 9.17) is 23.2 Å². The number of nitrogens with zero attached hydrogens (tertiary/aromatic N) is 2. The van der Waals surface area contributed by atoms with E-state index >= 15 is 0 Å². The highest BCUT2D eigenvalue weighted by Gasteiger charge is 2.08. The number of halogens is 2. The summed E-state index contributed by atoms with van der Waals surface area (Å²) in [6.45, 7) is 0. The Morgan fingerprint density at radius 3 is 2.30 bits per heavy atom. The van der Waals surface area contributed by atoms with Crippen LogP contribution in [0.2, 0.25) is 10.0 Å². The van der Waals surface area contributed by atoms with E-state index in [0.717, 1.165) is 16.9 Å². The van der Waals surface area contributed by atoms with Crippen molar-refractivity contribution in [2.24, 2.45) is 0 Å². The number of carbonyl (C=O) groups excluding carboxylic acids is 1. The minimum atomic E-state index is -0.218. The molecule has 0 atom stereocenters. The number of benzene rings is 3. The number of carbonyl (C=O) groups is 1. The molecule has 0 aliphatic heterocycles. The first-order chi connectivity index (χ1) is 14.6. The van der Waals surface area contributed by atoms with Crippen LogP contribution >= 0.6 is 23.2 Å². The summed E-state index contributed by atoms with van der Waals surface area (Å²) in [5.74, 6) is 0.239. The maximum Gasteiger partial charge on any atom is 0.255 e. The molecule has 1 amide bonds. The van der Waals surface area contributed by atoms with Crippen LogP contribution < -0.4 is 10.6 Å². The Bertz CT molecular complexity index is 1180. The van der Waals surface area contributed by atoms with Gasteiger partial charge in [0.05, 0.1) is 5.69 Å². The number of anilines is 3. The van der Waals surface area contributed by atoms with Crippen LogP contribution in [0.3, 0.4) is 0 Å². The Labute approximate surface area is 183 Å². The van der Waals surface area contributed by atoms with Gasteiger partial charge in [-0.2, -0.15) is 0 Å². The van der Waals surface area contributed by atoms with Gasteiger partial charge in [0.25, 0.3) is 5.91 Å². The minimum Gasteiger partial charge on any atom is -0.324 e. The number of hydrogen-bond acceptors (Lipinski definition) is 4. The van der Waals surface area contributed by atoms with Crippen molar-refractivity contribution in [1.82, 2.24) is 9.97 Å². The van der Waals surface area contributed by atoms with Crippen LogP contribution in [0, 0.1) is 0 Å². The molecule has 4 aromatic rings. The van der Waals surface area contributed by atoms with Crippen molar-refractivity contribution in [2.45, 2.75) is 0 Å². The molecule has 30 heavy (non-hydrogen) atoms. The zero-order valence-corrected chi connectivity index (χ0v) is 17.2. The van der Waals surface area contributed by atoms with Gasteiger partial charge in [0.2, 0.25) is 5.95 Å². The summed E-state index contributed by atoms with van der Waals surface area (Å²) in [7, 11) is 0. The molecule has 0 aliphatic rings. The Kier molecular flexibility index (Phi) is 5.93. The van der Waals surface area contributed by atoms with E-state index in [1.165, 1.54) is 0 Å². The van der Waals surface area contributed by atoms with E-state index in [0.29, 0.717) is 27.2 Å². The molecule has 1 aromatic heterocycles. The van der Waals surface area contributed by atoms with Gasteiger partial charge in [0, 0.05) is 38.7 Å². The van der Waals surface area contributed by atoms with Crippen LogP contribution in [0.15, 0.2) is 85.1 Å². The number of hydrogen-bond donors (Lipinski definition) is 2. The first-order valence-electron chi connectivity index (χ1n) is 9.10. The van der Waals surface area contributed by atoms with Crippen molar-refractivity contribution in [1.29, 1.82) is 0 Å². The highest BCUT2D eigenvalue weighted by molar-refractivity contribution is 6.31. The Morgan fingerprint density at radius 1 is 0.800 bits per heavy atom. The Morgan fingerprint density at radius 2 is 1.57 bits per heavy atom. The van der Waals surface area contributed by atoms with Crippen molar-refractivity contribution < 1.29 is 4.79 Å². The summed E-state index contributed by atoms with van der Waals surface area (Å²) in [6, 6.07) is 23.3. The summed E-state index contributed by atoms with van der Waals surface area (Å²) in [6.07, 6.45) is 1.69. The number of aromatic nitrogens is 2. The lowest BCUT2D eigenvalue weighted by Crippen LogP contribution is -2.11. The van der Waals surface area contributed by atoms with E-state index in [9.17, 15) is 4.79 Å². The van der Waals surface area contributed by atoms with E-state index in [2.05, 4.69) is 20.6 Å². The number of nitrogens with one attached hydrogen (secondary N) is 2. The highest BCUT2D eigenvalue weighted by atomic mass is 35.5. The van der Waals surface area contributed by atoms with Gasteiger partial charge in [-0.15, -0.1) is 0 Å². The van der Waals surface area contributed by atoms with E-state index in [-0.39, 0.29) is 5.91 Å². The predicted octanol–water partition coefficient (Wildman–Crippen LogP) is 6.45. The first kappa shape index (κ1) is 19.9. The molecule has 3 aromatic carbocycles. The molecule has 5 nitrogen and oxygen atoms in total. The third-order valence-corrected chi connectivity index (χ3v) is 4.77. The van der Waals surface area contributed by atoms with Crippen molar-refractivity contribution in [3.05, 3.63) is 101 Å². The highest BCUT2D eigenvalue weighted by Crippen LogP contribution is 2.22. The average Bonchev–Trinajstić information content (AvgIpc) is 2.75. The maximum atomic E-state index is 12.4. The van der Waals surface area contributed by atoms with E-state index < -0.39 is 0 Å². The topological polar surface area (TPSA) is 66.9 Å². The molecule has 148 valence electrons. The van der Waals surface area contributed by atoms with Gasteiger partial charge in [-0.3, -0.25) is 4.79 Å². The van der Waals surface area contributed by atoms with Gasteiger partial charge in [-0.25, -0.2) is 9.97 Å². The van der Waals surface area contributed by atoms with Crippen LogP contribution in [0.25, 0.3) is 11.3 Å². The molecule has 4 rings (SSSR count). The Balaban J connectivity index is 1.45. The molecule has 0 spiro atoms. The fourth-order valence-corrected chi connectivity index (χ4v) is 3.12. The third-order valence-electron chi connectivity index (χ3n) is 4.28. The maximum absolute atomic E-state index is 12.4. The molecule has 0 fully saturated rings.